The average molecular weight is 629 g/mol. The van der Waals surface area contributed by atoms with Crippen LogP contribution >= 0.6 is 0 Å². The Kier molecular flexibility index (Phi) is 8.83. The number of amides is 3. The van der Waals surface area contributed by atoms with Gasteiger partial charge in [0.05, 0.1) is 29.7 Å². The predicted molar refractivity (Wildman–Crippen MR) is 159 cm³/mol. The topological polar surface area (TPSA) is 147 Å². The number of carbonyl (C=O) groups excluding carboxylic acids is 2. The number of likely N-dealkylation sites (N-methyl/N-ethyl adjacent to an activating group) is 1. The van der Waals surface area contributed by atoms with Crippen molar-refractivity contribution in [1.29, 1.82) is 0 Å². The second kappa shape index (κ2) is 12.6. The number of carbonyl (C=O) groups is 2. The van der Waals surface area contributed by atoms with E-state index in [1.807, 2.05) is 6.92 Å². The minimum Gasteiger partial charge on any atom is -0.487 e. The molecule has 44 heavy (non-hydrogen) atoms. The second-order valence-electron chi connectivity index (χ2n) is 10.8. The number of hydrogen-bond donors (Lipinski definition) is 3. The van der Waals surface area contributed by atoms with Crippen molar-refractivity contribution in [3.05, 3.63) is 72.0 Å². The number of nitrogens with zero attached hydrogens (tertiary/aromatic N) is 2. The van der Waals surface area contributed by atoms with E-state index in [1.54, 1.807) is 32.2 Å². The van der Waals surface area contributed by atoms with Crippen LogP contribution in [0.3, 0.4) is 0 Å². The Morgan fingerprint density at radius 2 is 1.75 bits per heavy atom. The maximum atomic E-state index is 13.7. The first-order chi connectivity index (χ1) is 20.9. The van der Waals surface area contributed by atoms with Gasteiger partial charge in [-0.05, 0) is 61.5 Å². The molecule has 0 saturated carbocycles. The van der Waals surface area contributed by atoms with E-state index in [4.69, 9.17) is 14.2 Å². The minimum atomic E-state index is -4.09. The lowest BCUT2D eigenvalue weighted by Gasteiger charge is -2.38. The third kappa shape index (κ3) is 6.65. The van der Waals surface area contributed by atoms with Crippen molar-refractivity contribution < 1.29 is 41.7 Å². The number of halogens is 1. The molecule has 3 amide bonds. The summed E-state index contributed by atoms with van der Waals surface area (Å²) in [5.74, 6) is 0.0133. The molecule has 3 N–H and O–H groups in total. The van der Waals surface area contributed by atoms with Gasteiger partial charge >= 0.3 is 6.03 Å². The molecule has 0 bridgehead atoms. The number of rotatable bonds is 8. The number of fused-ring (bicyclic) bond motifs is 2. The van der Waals surface area contributed by atoms with E-state index in [9.17, 15) is 27.5 Å². The number of urea groups is 1. The van der Waals surface area contributed by atoms with Crippen molar-refractivity contribution in [1.82, 2.24) is 9.80 Å². The summed E-state index contributed by atoms with van der Waals surface area (Å²) in [7, 11) is -2.47. The molecule has 0 radical (unpaired) electrons. The first kappa shape index (κ1) is 30.9. The van der Waals surface area contributed by atoms with E-state index in [1.165, 1.54) is 28.0 Å². The predicted octanol–water partition coefficient (Wildman–Crippen LogP) is 3.74. The van der Waals surface area contributed by atoms with Crippen LogP contribution in [0.2, 0.25) is 0 Å². The van der Waals surface area contributed by atoms with Gasteiger partial charge in [-0.1, -0.05) is 6.92 Å². The zero-order chi connectivity index (χ0) is 31.6. The second-order valence-corrected chi connectivity index (χ2v) is 12.5. The van der Waals surface area contributed by atoms with Gasteiger partial charge in [-0.15, -0.1) is 0 Å². The van der Waals surface area contributed by atoms with Crippen LogP contribution in [0.25, 0.3) is 0 Å². The third-order valence-electron chi connectivity index (χ3n) is 7.47. The van der Waals surface area contributed by atoms with Gasteiger partial charge in [0, 0.05) is 37.0 Å². The third-order valence-corrected chi connectivity index (χ3v) is 8.86. The molecule has 12 nitrogen and oxygen atoms in total. The fourth-order valence-corrected chi connectivity index (χ4v) is 5.93. The molecule has 0 fully saturated rings. The van der Waals surface area contributed by atoms with Crippen molar-refractivity contribution in [2.75, 3.05) is 43.6 Å². The van der Waals surface area contributed by atoms with Crippen LogP contribution < -0.4 is 24.2 Å². The van der Waals surface area contributed by atoms with Crippen molar-refractivity contribution in [2.45, 2.75) is 30.9 Å². The van der Waals surface area contributed by atoms with E-state index < -0.39 is 39.9 Å². The number of aliphatic hydroxyl groups excluding tert-OH is 1. The average Bonchev–Trinajstić information content (AvgIpc) is 3.47. The van der Waals surface area contributed by atoms with Gasteiger partial charge in [-0.3, -0.25) is 9.52 Å². The Morgan fingerprint density at radius 1 is 1.07 bits per heavy atom. The van der Waals surface area contributed by atoms with E-state index >= 15 is 0 Å². The monoisotopic (exact) mass is 628 g/mol. The molecule has 234 valence electrons. The Bertz CT molecular complexity index is 1650. The molecule has 0 aromatic heterocycles. The van der Waals surface area contributed by atoms with Crippen LogP contribution in [0.5, 0.6) is 17.2 Å². The summed E-state index contributed by atoms with van der Waals surface area (Å²) < 4.78 is 58.6. The maximum absolute atomic E-state index is 13.7. The molecule has 0 aliphatic carbocycles. The van der Waals surface area contributed by atoms with Crippen LogP contribution in [0.1, 0.15) is 24.2 Å². The molecule has 2 aliphatic rings. The van der Waals surface area contributed by atoms with E-state index in [0.717, 1.165) is 24.3 Å². The highest BCUT2D eigenvalue weighted by atomic mass is 32.2. The van der Waals surface area contributed by atoms with E-state index in [0.29, 0.717) is 17.2 Å². The fourth-order valence-electron chi connectivity index (χ4n) is 4.88. The van der Waals surface area contributed by atoms with Crippen molar-refractivity contribution in [3.8, 4) is 17.2 Å². The number of nitrogens with one attached hydrogen (secondary N) is 2. The minimum absolute atomic E-state index is 0.0778. The van der Waals surface area contributed by atoms with Crippen LogP contribution in [0, 0.1) is 11.7 Å². The summed E-state index contributed by atoms with van der Waals surface area (Å²) in [6, 6.07) is 12.8. The molecule has 0 saturated heterocycles. The van der Waals surface area contributed by atoms with E-state index in [-0.39, 0.29) is 54.3 Å². The zero-order valence-electron chi connectivity index (χ0n) is 24.3. The highest BCUT2D eigenvalue weighted by molar-refractivity contribution is 7.92. The molecule has 5 rings (SSSR count). The van der Waals surface area contributed by atoms with E-state index in [2.05, 4.69) is 10.0 Å². The molecule has 2 heterocycles. The lowest BCUT2D eigenvalue weighted by Crippen LogP contribution is -2.50. The highest BCUT2D eigenvalue weighted by Gasteiger charge is 2.34. The summed E-state index contributed by atoms with van der Waals surface area (Å²) in [4.78, 5) is 29.6. The van der Waals surface area contributed by atoms with Gasteiger partial charge in [0.15, 0.2) is 11.5 Å². The standard InChI is InChI=1S/C30H33FN4O8S/c1-18-14-35(19(2)16-36)29(37)24-12-22(33-44(39,40)23-8-4-20(31)5-9-23)7-10-25(24)43-28(18)15-34(3)30(38)32-21-6-11-26-27(13-21)42-17-41-26/h4-13,18-19,28,33,36H,14-17H2,1-3H3,(H,32,38)/t18-,19-,28-/m1/s1. The smallest absolute Gasteiger partial charge is 0.321 e. The molecule has 0 unspecified atom stereocenters. The van der Waals surface area contributed by atoms with Gasteiger partial charge in [0.2, 0.25) is 6.79 Å². The highest BCUT2D eigenvalue weighted by Crippen LogP contribution is 2.35. The Morgan fingerprint density at radius 3 is 2.48 bits per heavy atom. The summed E-state index contributed by atoms with van der Waals surface area (Å²) in [5, 5.41) is 12.7. The molecular weight excluding hydrogens is 595 g/mol. The van der Waals surface area contributed by atoms with Crippen molar-refractivity contribution in [3.63, 3.8) is 0 Å². The molecule has 0 spiro atoms. The number of sulfonamides is 1. The summed E-state index contributed by atoms with van der Waals surface area (Å²) in [6.07, 6.45) is -0.579. The number of benzene rings is 3. The van der Waals surface area contributed by atoms with Gasteiger partial charge in [0.1, 0.15) is 17.7 Å². The number of hydrogen-bond acceptors (Lipinski definition) is 8. The Hall–Kier alpha value is -4.56. The summed E-state index contributed by atoms with van der Waals surface area (Å²) >= 11 is 0. The molecule has 3 atom stereocenters. The van der Waals surface area contributed by atoms with Crippen LogP contribution in [0.15, 0.2) is 65.6 Å². The number of aliphatic hydroxyl groups is 1. The quantitative estimate of drug-likeness (QED) is 0.342. The van der Waals surface area contributed by atoms with Gasteiger partial charge in [-0.2, -0.15) is 0 Å². The largest absolute Gasteiger partial charge is 0.487 e. The first-order valence-corrected chi connectivity index (χ1v) is 15.4. The summed E-state index contributed by atoms with van der Waals surface area (Å²) in [6.45, 7) is 3.75. The van der Waals surface area contributed by atoms with Crippen molar-refractivity contribution >= 4 is 33.3 Å². The van der Waals surface area contributed by atoms with Crippen LogP contribution in [-0.4, -0.2) is 80.9 Å². The normalized spacial score (nSPS) is 18.4. The molecular formula is C30H33FN4O8S. The van der Waals surface area contributed by atoms with Gasteiger partial charge < -0.3 is 34.4 Å². The number of ether oxygens (including phenoxy) is 3. The molecule has 2 aliphatic heterocycles. The lowest BCUT2D eigenvalue weighted by atomic mass is 9.99. The summed E-state index contributed by atoms with van der Waals surface area (Å²) in [5.41, 5.74) is 0.688. The molecule has 14 heteroatoms. The van der Waals surface area contributed by atoms with Gasteiger partial charge in [-0.25, -0.2) is 17.6 Å². The number of anilines is 2. The lowest BCUT2D eigenvalue weighted by molar-refractivity contribution is 0.0371. The van der Waals surface area contributed by atoms with Gasteiger partial charge in [0.25, 0.3) is 15.9 Å². The van der Waals surface area contributed by atoms with Crippen molar-refractivity contribution in [2.24, 2.45) is 5.92 Å². The Labute approximate surface area is 254 Å². The Balaban J connectivity index is 1.38. The first-order valence-electron chi connectivity index (χ1n) is 13.9. The van der Waals surface area contributed by atoms with Crippen LogP contribution in [0.4, 0.5) is 20.6 Å². The fraction of sp³-hybridized carbons (Fsp3) is 0.333. The maximum Gasteiger partial charge on any atom is 0.321 e. The zero-order valence-corrected chi connectivity index (χ0v) is 25.1. The molecule has 3 aromatic carbocycles. The van der Waals surface area contributed by atoms with Crippen LogP contribution in [-0.2, 0) is 10.0 Å². The molecule has 3 aromatic rings. The SMILES string of the molecule is C[C@@H]1CN([C@H](C)CO)C(=O)c2cc(NS(=O)(=O)c3ccc(F)cc3)ccc2O[C@@H]1CN(C)C(=O)Nc1ccc2c(c1)OCO2.